The number of hydrogen-bond donors (Lipinski definition) is 0. The maximum Gasteiger partial charge on any atom is 0.242 e. The minimum atomic E-state index is -0.0174. The van der Waals surface area contributed by atoms with Gasteiger partial charge in [0, 0.05) is 43.0 Å². The number of rotatable bonds is 14. The Labute approximate surface area is 191 Å². The zero-order valence-electron chi connectivity index (χ0n) is 19.1. The van der Waals surface area contributed by atoms with Crippen molar-refractivity contribution < 1.29 is 14.3 Å². The Kier molecular flexibility index (Phi) is 11.3. The SMILES string of the molecule is CCCCCC(=O)N(CCCOC)CC(=O)N(Cc1ccccc1)Cc1ccc(C)s1. The van der Waals surface area contributed by atoms with Gasteiger partial charge in [0.1, 0.15) is 0 Å². The molecule has 170 valence electrons. The van der Waals surface area contributed by atoms with E-state index in [0.717, 1.165) is 36.1 Å². The second kappa shape index (κ2) is 14.0. The van der Waals surface area contributed by atoms with Crippen LogP contribution in [-0.2, 0) is 27.4 Å². The Balaban J connectivity index is 2.10. The van der Waals surface area contributed by atoms with Crippen molar-refractivity contribution in [1.82, 2.24) is 9.80 Å². The second-order valence-electron chi connectivity index (χ2n) is 7.87. The Hall–Kier alpha value is -2.18. The zero-order chi connectivity index (χ0) is 22.5. The fraction of sp³-hybridized carbons (Fsp3) is 0.520. The molecular formula is C25H36N2O3S. The van der Waals surface area contributed by atoms with E-state index in [9.17, 15) is 9.59 Å². The van der Waals surface area contributed by atoms with Crippen molar-refractivity contribution in [3.63, 3.8) is 0 Å². The predicted molar refractivity (Wildman–Crippen MR) is 127 cm³/mol. The highest BCUT2D eigenvalue weighted by Crippen LogP contribution is 2.19. The second-order valence-corrected chi connectivity index (χ2v) is 9.24. The summed E-state index contributed by atoms with van der Waals surface area (Å²) in [7, 11) is 1.66. The van der Waals surface area contributed by atoms with E-state index >= 15 is 0 Å². The summed E-state index contributed by atoms with van der Waals surface area (Å²) in [5.41, 5.74) is 1.09. The molecule has 1 heterocycles. The maximum atomic E-state index is 13.3. The van der Waals surface area contributed by atoms with Crippen LogP contribution in [0.1, 0.15) is 54.3 Å². The van der Waals surface area contributed by atoms with Gasteiger partial charge in [-0.15, -0.1) is 11.3 Å². The number of amides is 2. The average molecular weight is 445 g/mol. The lowest BCUT2D eigenvalue weighted by molar-refractivity contribution is -0.141. The molecular weight excluding hydrogens is 408 g/mol. The van der Waals surface area contributed by atoms with Gasteiger partial charge >= 0.3 is 0 Å². The summed E-state index contributed by atoms with van der Waals surface area (Å²) in [5, 5.41) is 0. The first-order valence-electron chi connectivity index (χ1n) is 11.2. The van der Waals surface area contributed by atoms with E-state index < -0.39 is 0 Å². The van der Waals surface area contributed by atoms with E-state index in [2.05, 4.69) is 26.0 Å². The van der Waals surface area contributed by atoms with E-state index in [1.807, 2.05) is 35.2 Å². The van der Waals surface area contributed by atoms with Crippen LogP contribution in [0.2, 0.25) is 0 Å². The standard InChI is InChI=1S/C25H36N2O3S/c1-4-5-7-13-24(28)26(16-10-17-30-3)20-25(29)27(18-22-11-8-6-9-12-22)19-23-15-14-21(2)31-23/h6,8-9,11-12,14-15H,4-5,7,10,13,16-20H2,1-3H3. The summed E-state index contributed by atoms with van der Waals surface area (Å²) in [5.74, 6) is 0.0423. The number of ether oxygens (including phenoxy) is 1. The molecule has 0 aliphatic carbocycles. The van der Waals surface area contributed by atoms with Crippen molar-refractivity contribution in [2.45, 2.75) is 59.0 Å². The molecule has 1 aromatic carbocycles. The number of methoxy groups -OCH3 is 1. The molecule has 0 atom stereocenters. The monoisotopic (exact) mass is 444 g/mol. The van der Waals surface area contributed by atoms with E-state index in [4.69, 9.17) is 4.74 Å². The summed E-state index contributed by atoms with van der Waals surface area (Å²) in [6.45, 7) is 6.53. The highest BCUT2D eigenvalue weighted by atomic mass is 32.1. The molecule has 31 heavy (non-hydrogen) atoms. The molecule has 0 aliphatic heterocycles. The molecule has 2 rings (SSSR count). The van der Waals surface area contributed by atoms with Gasteiger partial charge in [0.25, 0.3) is 0 Å². The Bertz CT molecular complexity index is 791. The topological polar surface area (TPSA) is 49.9 Å². The van der Waals surface area contributed by atoms with Gasteiger partial charge in [0.15, 0.2) is 0 Å². The average Bonchev–Trinajstić information content (AvgIpc) is 3.18. The molecule has 2 aromatic rings. The fourth-order valence-electron chi connectivity index (χ4n) is 3.43. The van der Waals surface area contributed by atoms with Gasteiger partial charge in [-0.25, -0.2) is 0 Å². The fourth-order valence-corrected chi connectivity index (χ4v) is 4.34. The van der Waals surface area contributed by atoms with Gasteiger partial charge in [-0.3, -0.25) is 9.59 Å². The van der Waals surface area contributed by atoms with Crippen LogP contribution in [0.5, 0.6) is 0 Å². The molecule has 0 saturated heterocycles. The number of unbranched alkanes of at least 4 members (excludes halogenated alkanes) is 2. The molecule has 0 N–H and O–H groups in total. The van der Waals surface area contributed by atoms with Crippen LogP contribution in [0, 0.1) is 6.92 Å². The lowest BCUT2D eigenvalue weighted by Crippen LogP contribution is -2.43. The highest BCUT2D eigenvalue weighted by Gasteiger charge is 2.22. The summed E-state index contributed by atoms with van der Waals surface area (Å²) < 4.78 is 5.15. The van der Waals surface area contributed by atoms with Crippen LogP contribution in [-0.4, -0.2) is 48.4 Å². The van der Waals surface area contributed by atoms with Crippen molar-refractivity contribution in [3.05, 3.63) is 57.8 Å². The van der Waals surface area contributed by atoms with Gasteiger partial charge in [0.2, 0.25) is 11.8 Å². The van der Waals surface area contributed by atoms with E-state index in [1.54, 1.807) is 23.3 Å². The van der Waals surface area contributed by atoms with Gasteiger partial charge in [-0.1, -0.05) is 50.1 Å². The first kappa shape index (κ1) is 25.1. The van der Waals surface area contributed by atoms with Crippen LogP contribution in [0.25, 0.3) is 0 Å². The summed E-state index contributed by atoms with van der Waals surface area (Å²) >= 11 is 1.71. The number of thiophene rings is 1. The molecule has 1 aromatic heterocycles. The highest BCUT2D eigenvalue weighted by molar-refractivity contribution is 7.11. The Morgan fingerprint density at radius 1 is 0.935 bits per heavy atom. The molecule has 0 bridgehead atoms. The molecule has 0 unspecified atom stereocenters. The molecule has 0 radical (unpaired) electrons. The Morgan fingerprint density at radius 3 is 2.35 bits per heavy atom. The maximum absolute atomic E-state index is 13.3. The van der Waals surface area contributed by atoms with Gasteiger partial charge in [-0.05, 0) is 37.5 Å². The van der Waals surface area contributed by atoms with Crippen molar-refractivity contribution in [2.24, 2.45) is 0 Å². The van der Waals surface area contributed by atoms with Gasteiger partial charge in [0.05, 0.1) is 13.1 Å². The molecule has 0 aliphatic rings. The Morgan fingerprint density at radius 2 is 1.71 bits per heavy atom. The van der Waals surface area contributed by atoms with E-state index in [1.165, 1.54) is 4.88 Å². The van der Waals surface area contributed by atoms with Crippen LogP contribution < -0.4 is 0 Å². The van der Waals surface area contributed by atoms with Gasteiger partial charge < -0.3 is 14.5 Å². The van der Waals surface area contributed by atoms with Gasteiger partial charge in [-0.2, -0.15) is 0 Å². The van der Waals surface area contributed by atoms with Crippen LogP contribution >= 0.6 is 11.3 Å². The number of aryl methyl sites for hydroxylation is 1. The normalized spacial score (nSPS) is 10.8. The van der Waals surface area contributed by atoms with Crippen molar-refractivity contribution in [3.8, 4) is 0 Å². The third kappa shape index (κ3) is 9.23. The summed E-state index contributed by atoms with van der Waals surface area (Å²) in [6.07, 6.45) is 4.19. The molecule has 5 nitrogen and oxygen atoms in total. The van der Waals surface area contributed by atoms with Crippen molar-refractivity contribution in [2.75, 3.05) is 26.8 Å². The van der Waals surface area contributed by atoms with E-state index in [0.29, 0.717) is 32.7 Å². The van der Waals surface area contributed by atoms with E-state index in [-0.39, 0.29) is 18.4 Å². The third-order valence-corrected chi connectivity index (χ3v) is 6.15. The summed E-state index contributed by atoms with van der Waals surface area (Å²) in [6, 6.07) is 14.2. The first-order valence-corrected chi connectivity index (χ1v) is 12.0. The van der Waals surface area contributed by atoms with Crippen LogP contribution in [0.3, 0.4) is 0 Å². The quantitative estimate of drug-likeness (QED) is 0.384. The smallest absolute Gasteiger partial charge is 0.242 e. The largest absolute Gasteiger partial charge is 0.385 e. The molecule has 0 spiro atoms. The van der Waals surface area contributed by atoms with Crippen LogP contribution in [0.4, 0.5) is 0 Å². The summed E-state index contributed by atoms with van der Waals surface area (Å²) in [4.78, 5) is 32.1. The molecule has 0 fully saturated rings. The third-order valence-electron chi connectivity index (χ3n) is 5.16. The number of carbonyl (C=O) groups excluding carboxylic acids is 2. The predicted octanol–water partition coefficient (Wildman–Crippen LogP) is 5.03. The lowest BCUT2D eigenvalue weighted by atomic mass is 10.2. The lowest BCUT2D eigenvalue weighted by Gasteiger charge is -2.28. The van der Waals surface area contributed by atoms with Crippen molar-refractivity contribution in [1.29, 1.82) is 0 Å². The number of hydrogen-bond acceptors (Lipinski definition) is 4. The molecule has 2 amide bonds. The zero-order valence-corrected chi connectivity index (χ0v) is 20.0. The number of carbonyl (C=O) groups is 2. The minimum absolute atomic E-state index is 0.0174. The first-order chi connectivity index (χ1) is 15.0. The molecule has 6 heteroatoms. The van der Waals surface area contributed by atoms with Crippen LogP contribution in [0.15, 0.2) is 42.5 Å². The van der Waals surface area contributed by atoms with Crippen molar-refractivity contribution >= 4 is 23.2 Å². The minimum Gasteiger partial charge on any atom is -0.385 e. The number of nitrogens with zero attached hydrogens (tertiary/aromatic N) is 2. The number of benzene rings is 1. The molecule has 0 saturated carbocycles.